The lowest BCUT2D eigenvalue weighted by atomic mass is 10.1. The zero-order chi connectivity index (χ0) is 13.8. The van der Waals surface area contributed by atoms with Crippen molar-refractivity contribution in [3.8, 4) is 0 Å². The van der Waals surface area contributed by atoms with Gasteiger partial charge in [0.05, 0.1) is 0 Å². The summed E-state index contributed by atoms with van der Waals surface area (Å²) >= 11 is 8.22. The highest BCUT2D eigenvalue weighted by Crippen LogP contribution is 2.29. The molecule has 1 aliphatic rings. The van der Waals surface area contributed by atoms with Crippen molar-refractivity contribution in [2.75, 3.05) is 11.9 Å². The molecule has 0 fully saturated rings. The Morgan fingerprint density at radius 1 is 1.10 bits per heavy atom. The highest BCUT2D eigenvalue weighted by atomic mass is 35.5. The Morgan fingerprint density at radius 3 is 2.80 bits per heavy atom. The summed E-state index contributed by atoms with van der Waals surface area (Å²) in [7, 11) is 0. The first kappa shape index (κ1) is 13.8. The van der Waals surface area contributed by atoms with Crippen LogP contribution in [-0.2, 0) is 12.2 Å². The fourth-order valence-corrected chi connectivity index (χ4v) is 3.95. The van der Waals surface area contributed by atoms with Gasteiger partial charge in [-0.3, -0.25) is 0 Å². The molecule has 0 aliphatic carbocycles. The molecular weight excluding hydrogens is 286 g/mol. The Kier molecular flexibility index (Phi) is 4.54. The average molecular weight is 304 g/mol. The third-order valence-electron chi connectivity index (χ3n) is 3.71. The number of hydrogen-bond acceptors (Lipinski definition) is 2. The van der Waals surface area contributed by atoms with Gasteiger partial charge in [0.2, 0.25) is 0 Å². The van der Waals surface area contributed by atoms with Crippen LogP contribution in [0.5, 0.6) is 0 Å². The molecular formula is C17H18ClNS. The first-order valence-corrected chi connectivity index (χ1v) is 8.42. The summed E-state index contributed by atoms with van der Waals surface area (Å²) in [5.41, 5.74) is 3.97. The predicted molar refractivity (Wildman–Crippen MR) is 89.8 cm³/mol. The zero-order valence-electron chi connectivity index (χ0n) is 11.3. The van der Waals surface area contributed by atoms with Crippen molar-refractivity contribution < 1.29 is 0 Å². The lowest BCUT2D eigenvalue weighted by Crippen LogP contribution is -2.14. The monoisotopic (exact) mass is 303 g/mol. The Labute approximate surface area is 129 Å². The van der Waals surface area contributed by atoms with Crippen LogP contribution in [0.1, 0.15) is 17.5 Å². The van der Waals surface area contributed by atoms with Crippen LogP contribution in [0.25, 0.3) is 0 Å². The molecule has 20 heavy (non-hydrogen) atoms. The maximum Gasteiger partial charge on any atom is 0.0446 e. The van der Waals surface area contributed by atoms with Crippen LogP contribution in [0.3, 0.4) is 0 Å². The minimum Gasteiger partial charge on any atom is -0.384 e. The molecule has 1 heterocycles. The first-order valence-electron chi connectivity index (χ1n) is 7.00. The minimum atomic E-state index is 0.638. The van der Waals surface area contributed by atoms with E-state index in [0.717, 1.165) is 23.7 Å². The number of para-hydroxylation sites is 1. The lowest BCUT2D eigenvalue weighted by Gasteiger charge is -2.14. The van der Waals surface area contributed by atoms with Gasteiger partial charge in [0.1, 0.15) is 0 Å². The average Bonchev–Trinajstić information content (AvgIpc) is 2.69. The molecule has 1 aliphatic heterocycles. The molecule has 0 radical (unpaired) electrons. The second kappa shape index (κ2) is 6.55. The SMILES string of the molecule is Clc1ccccc1CSC1CCc2ccccc2NC1. The van der Waals surface area contributed by atoms with Crippen molar-refractivity contribution in [2.24, 2.45) is 0 Å². The highest BCUT2D eigenvalue weighted by molar-refractivity contribution is 7.99. The van der Waals surface area contributed by atoms with Crippen LogP contribution in [0, 0.1) is 0 Å². The smallest absolute Gasteiger partial charge is 0.0446 e. The van der Waals surface area contributed by atoms with E-state index in [0.29, 0.717) is 5.25 Å². The number of hydrogen-bond donors (Lipinski definition) is 1. The van der Waals surface area contributed by atoms with Gasteiger partial charge in [-0.2, -0.15) is 11.8 Å². The summed E-state index contributed by atoms with van der Waals surface area (Å²) in [6, 6.07) is 16.8. The van der Waals surface area contributed by atoms with Gasteiger partial charge in [0.15, 0.2) is 0 Å². The molecule has 0 spiro atoms. The molecule has 2 aromatic rings. The Balaban J connectivity index is 1.59. The lowest BCUT2D eigenvalue weighted by molar-refractivity contribution is 0.803. The van der Waals surface area contributed by atoms with Crippen molar-refractivity contribution >= 4 is 29.1 Å². The number of anilines is 1. The number of benzene rings is 2. The third kappa shape index (κ3) is 3.31. The number of nitrogens with one attached hydrogen (secondary N) is 1. The molecule has 0 saturated carbocycles. The fraction of sp³-hybridized carbons (Fsp3) is 0.294. The Morgan fingerprint density at radius 2 is 1.90 bits per heavy atom. The topological polar surface area (TPSA) is 12.0 Å². The minimum absolute atomic E-state index is 0.638. The summed E-state index contributed by atoms with van der Waals surface area (Å²) in [5, 5.41) is 5.09. The Bertz CT molecular complexity index is 558. The molecule has 3 rings (SSSR count). The molecule has 0 aromatic heterocycles. The van der Waals surface area contributed by atoms with E-state index < -0.39 is 0 Å². The summed E-state index contributed by atoms with van der Waals surface area (Å²) in [4.78, 5) is 0. The van der Waals surface area contributed by atoms with E-state index in [4.69, 9.17) is 11.6 Å². The third-order valence-corrected chi connectivity index (χ3v) is 5.43. The normalized spacial score (nSPS) is 17.9. The second-order valence-electron chi connectivity index (χ2n) is 5.10. The first-order chi connectivity index (χ1) is 9.83. The number of rotatable bonds is 3. The molecule has 3 heteroatoms. The van der Waals surface area contributed by atoms with Crippen LogP contribution >= 0.6 is 23.4 Å². The molecule has 1 unspecified atom stereocenters. The van der Waals surface area contributed by atoms with Crippen molar-refractivity contribution in [3.05, 3.63) is 64.7 Å². The molecule has 2 aromatic carbocycles. The molecule has 1 N–H and O–H groups in total. The molecule has 0 saturated heterocycles. The van der Waals surface area contributed by atoms with Crippen molar-refractivity contribution in [1.82, 2.24) is 0 Å². The number of halogens is 1. The second-order valence-corrected chi connectivity index (χ2v) is 6.80. The molecule has 1 nitrogen and oxygen atoms in total. The molecule has 1 atom stereocenters. The maximum atomic E-state index is 6.22. The predicted octanol–water partition coefficient (Wildman–Crippen LogP) is 5.00. The quantitative estimate of drug-likeness (QED) is 0.856. The van der Waals surface area contributed by atoms with E-state index in [1.54, 1.807) is 0 Å². The number of thioether (sulfide) groups is 1. The van der Waals surface area contributed by atoms with Crippen LogP contribution in [0.4, 0.5) is 5.69 Å². The van der Waals surface area contributed by atoms with Gasteiger partial charge in [0, 0.05) is 28.3 Å². The van der Waals surface area contributed by atoms with Gasteiger partial charge in [-0.15, -0.1) is 0 Å². The van der Waals surface area contributed by atoms with Crippen LogP contribution in [0.15, 0.2) is 48.5 Å². The highest BCUT2D eigenvalue weighted by Gasteiger charge is 2.16. The molecule has 0 amide bonds. The van der Waals surface area contributed by atoms with E-state index in [9.17, 15) is 0 Å². The van der Waals surface area contributed by atoms with Crippen molar-refractivity contribution in [2.45, 2.75) is 23.8 Å². The van der Waals surface area contributed by atoms with Gasteiger partial charge in [0.25, 0.3) is 0 Å². The van der Waals surface area contributed by atoms with E-state index >= 15 is 0 Å². The standard InChI is InChI=1S/C17H18ClNS/c18-16-7-3-1-6-14(16)12-20-15-10-9-13-5-2-4-8-17(13)19-11-15/h1-8,15,19H,9-12H2. The number of aryl methyl sites for hydroxylation is 1. The summed E-state index contributed by atoms with van der Waals surface area (Å²) in [6.07, 6.45) is 2.38. The number of fused-ring (bicyclic) bond motifs is 1. The van der Waals surface area contributed by atoms with E-state index in [-0.39, 0.29) is 0 Å². The van der Waals surface area contributed by atoms with E-state index in [1.165, 1.54) is 23.2 Å². The van der Waals surface area contributed by atoms with Crippen LogP contribution in [-0.4, -0.2) is 11.8 Å². The fourth-order valence-electron chi connectivity index (χ4n) is 2.52. The van der Waals surface area contributed by atoms with Crippen molar-refractivity contribution in [3.63, 3.8) is 0 Å². The van der Waals surface area contributed by atoms with Gasteiger partial charge in [-0.1, -0.05) is 48.0 Å². The maximum absolute atomic E-state index is 6.22. The summed E-state index contributed by atoms with van der Waals surface area (Å²) in [6.45, 7) is 1.03. The largest absolute Gasteiger partial charge is 0.384 e. The van der Waals surface area contributed by atoms with Gasteiger partial charge >= 0.3 is 0 Å². The van der Waals surface area contributed by atoms with Gasteiger partial charge in [-0.25, -0.2) is 0 Å². The Hall–Kier alpha value is -1.12. The summed E-state index contributed by atoms with van der Waals surface area (Å²) < 4.78 is 0. The van der Waals surface area contributed by atoms with Gasteiger partial charge < -0.3 is 5.32 Å². The van der Waals surface area contributed by atoms with E-state index in [1.807, 2.05) is 23.9 Å². The molecule has 104 valence electrons. The van der Waals surface area contributed by atoms with Crippen LogP contribution in [0.2, 0.25) is 5.02 Å². The van der Waals surface area contributed by atoms with Gasteiger partial charge in [-0.05, 0) is 36.1 Å². The summed E-state index contributed by atoms with van der Waals surface area (Å²) in [5.74, 6) is 0.988. The van der Waals surface area contributed by atoms with Crippen LogP contribution < -0.4 is 5.32 Å². The van der Waals surface area contributed by atoms with Crippen molar-refractivity contribution in [1.29, 1.82) is 0 Å². The zero-order valence-corrected chi connectivity index (χ0v) is 12.9. The molecule has 0 bridgehead atoms. The van der Waals surface area contributed by atoms with E-state index in [2.05, 4.69) is 41.7 Å².